The molecular weight excluding hydrogens is 290 g/mol. The van der Waals surface area contributed by atoms with E-state index >= 15 is 0 Å². The highest BCUT2D eigenvalue weighted by Gasteiger charge is 2.15. The van der Waals surface area contributed by atoms with Crippen LogP contribution in [-0.2, 0) is 14.3 Å². The molecule has 1 aromatic heterocycles. The summed E-state index contributed by atoms with van der Waals surface area (Å²) in [4.78, 5) is 29.5. The zero-order valence-electron chi connectivity index (χ0n) is 12.1. The predicted octanol–water partition coefficient (Wildman–Crippen LogP) is 0.284. The number of hydrogen-bond acceptors (Lipinski definition) is 6. The summed E-state index contributed by atoms with van der Waals surface area (Å²) in [5.41, 5.74) is 0.598. The van der Waals surface area contributed by atoms with Crippen molar-refractivity contribution in [2.24, 2.45) is 0 Å². The lowest BCUT2D eigenvalue weighted by Crippen LogP contribution is -2.37. The predicted molar refractivity (Wildman–Crippen MR) is 79.4 cm³/mol. The maximum absolute atomic E-state index is 10.9. The molecule has 2 rings (SSSR count). The lowest BCUT2D eigenvalue weighted by atomic mass is 10.3. The number of aromatic nitrogens is 1. The third-order valence-electron chi connectivity index (χ3n) is 3.35. The van der Waals surface area contributed by atoms with Crippen molar-refractivity contribution < 1.29 is 24.5 Å². The molecule has 0 saturated carbocycles. The normalized spacial score (nSPS) is 14.6. The van der Waals surface area contributed by atoms with E-state index in [-0.39, 0.29) is 19.5 Å². The number of pyridine rings is 1. The lowest BCUT2D eigenvalue weighted by Gasteiger charge is -2.28. The van der Waals surface area contributed by atoms with E-state index in [0.717, 1.165) is 18.9 Å². The summed E-state index contributed by atoms with van der Waals surface area (Å²) in [5.74, 6) is -1.17. The molecule has 0 spiro atoms. The van der Waals surface area contributed by atoms with E-state index in [1.54, 1.807) is 12.3 Å². The lowest BCUT2D eigenvalue weighted by molar-refractivity contribution is -0.138. The van der Waals surface area contributed by atoms with Gasteiger partial charge in [-0.15, -0.1) is 0 Å². The Balaban J connectivity index is 2.06. The molecule has 0 amide bonds. The topological polar surface area (TPSA) is 103 Å². The minimum atomic E-state index is -1.01. The van der Waals surface area contributed by atoms with E-state index in [0.29, 0.717) is 18.9 Å². The number of rotatable bonds is 7. The second-order valence-electron chi connectivity index (χ2n) is 4.93. The Hall–Kier alpha value is -2.35. The summed E-state index contributed by atoms with van der Waals surface area (Å²) >= 11 is 0. The molecule has 0 bridgehead atoms. The van der Waals surface area contributed by atoms with Gasteiger partial charge in [-0.3, -0.25) is 9.59 Å². The number of anilines is 2. The molecule has 0 aliphatic carbocycles. The maximum Gasteiger partial charge on any atom is 0.323 e. The van der Waals surface area contributed by atoms with Crippen LogP contribution in [0.4, 0.5) is 11.5 Å². The Morgan fingerprint density at radius 1 is 1.23 bits per heavy atom. The molecule has 8 nitrogen and oxygen atoms in total. The molecule has 22 heavy (non-hydrogen) atoms. The Labute approximate surface area is 127 Å². The van der Waals surface area contributed by atoms with E-state index in [1.807, 2.05) is 6.07 Å². The van der Waals surface area contributed by atoms with Crippen molar-refractivity contribution in [3.63, 3.8) is 0 Å². The van der Waals surface area contributed by atoms with Gasteiger partial charge in [0.25, 0.3) is 0 Å². The summed E-state index contributed by atoms with van der Waals surface area (Å²) in [5, 5.41) is 17.7. The summed E-state index contributed by atoms with van der Waals surface area (Å²) in [7, 11) is 0. The first-order valence-electron chi connectivity index (χ1n) is 7.03. The van der Waals surface area contributed by atoms with Crippen molar-refractivity contribution in [3.05, 3.63) is 18.3 Å². The van der Waals surface area contributed by atoms with E-state index in [4.69, 9.17) is 14.9 Å². The molecule has 0 atom stereocenters. The number of carboxylic acids is 2. The zero-order valence-corrected chi connectivity index (χ0v) is 12.1. The van der Waals surface area contributed by atoms with Gasteiger partial charge in [0.1, 0.15) is 12.4 Å². The fourth-order valence-electron chi connectivity index (χ4n) is 2.24. The third-order valence-corrected chi connectivity index (χ3v) is 3.35. The highest BCUT2D eigenvalue weighted by atomic mass is 16.5. The molecule has 0 aromatic carbocycles. The number of hydrogen-bond donors (Lipinski definition) is 2. The quantitative estimate of drug-likeness (QED) is 0.740. The fraction of sp³-hybridized carbons (Fsp3) is 0.500. The Morgan fingerprint density at radius 3 is 2.50 bits per heavy atom. The average molecular weight is 309 g/mol. The van der Waals surface area contributed by atoms with Crippen molar-refractivity contribution in [3.8, 4) is 0 Å². The van der Waals surface area contributed by atoms with Gasteiger partial charge in [-0.2, -0.15) is 0 Å². The van der Waals surface area contributed by atoms with E-state index in [1.165, 1.54) is 4.90 Å². The average Bonchev–Trinajstić information content (AvgIpc) is 2.52. The maximum atomic E-state index is 10.9. The molecular formula is C14H19N3O5. The van der Waals surface area contributed by atoms with Crippen molar-refractivity contribution in [1.29, 1.82) is 0 Å². The van der Waals surface area contributed by atoms with Gasteiger partial charge in [-0.05, 0) is 12.1 Å². The van der Waals surface area contributed by atoms with Crippen LogP contribution in [-0.4, -0.2) is 66.5 Å². The van der Waals surface area contributed by atoms with Gasteiger partial charge in [0.05, 0.1) is 31.5 Å². The van der Waals surface area contributed by atoms with Crippen LogP contribution in [0, 0.1) is 0 Å². The number of morpholine rings is 1. The number of carboxylic acid groups (broad SMARTS) is 2. The van der Waals surface area contributed by atoms with Crippen LogP contribution in [0.1, 0.15) is 6.42 Å². The second kappa shape index (κ2) is 7.60. The molecule has 0 unspecified atom stereocenters. The van der Waals surface area contributed by atoms with Crippen molar-refractivity contribution in [2.45, 2.75) is 6.42 Å². The van der Waals surface area contributed by atoms with Gasteiger partial charge in [0.15, 0.2) is 0 Å². The number of ether oxygens (including phenoxy) is 1. The molecule has 1 fully saturated rings. The van der Waals surface area contributed by atoms with Gasteiger partial charge < -0.3 is 24.7 Å². The molecule has 2 heterocycles. The van der Waals surface area contributed by atoms with Crippen LogP contribution in [0.3, 0.4) is 0 Å². The zero-order chi connectivity index (χ0) is 15.9. The Kier molecular flexibility index (Phi) is 5.54. The van der Waals surface area contributed by atoms with E-state index in [2.05, 4.69) is 9.88 Å². The summed E-state index contributed by atoms with van der Waals surface area (Å²) in [6.45, 7) is 2.72. The molecule has 120 valence electrons. The van der Waals surface area contributed by atoms with Gasteiger partial charge >= 0.3 is 11.9 Å². The smallest absolute Gasteiger partial charge is 0.323 e. The monoisotopic (exact) mass is 309 g/mol. The van der Waals surface area contributed by atoms with Crippen LogP contribution >= 0.6 is 0 Å². The summed E-state index contributed by atoms with van der Waals surface area (Å²) in [6.07, 6.45) is 1.45. The highest BCUT2D eigenvalue weighted by molar-refractivity contribution is 5.74. The van der Waals surface area contributed by atoms with E-state index in [9.17, 15) is 9.59 Å². The number of carbonyl (C=O) groups is 2. The molecule has 1 aliphatic rings. The van der Waals surface area contributed by atoms with Gasteiger partial charge in [-0.25, -0.2) is 4.98 Å². The number of aliphatic carboxylic acids is 2. The molecule has 0 radical (unpaired) electrons. The van der Waals surface area contributed by atoms with Gasteiger partial charge in [0, 0.05) is 19.6 Å². The first-order valence-corrected chi connectivity index (χ1v) is 7.03. The summed E-state index contributed by atoms with van der Waals surface area (Å²) < 4.78 is 5.28. The number of nitrogens with zero attached hydrogens (tertiary/aromatic N) is 3. The Bertz CT molecular complexity index is 514. The van der Waals surface area contributed by atoms with Crippen molar-refractivity contribution in [2.75, 3.05) is 49.2 Å². The van der Waals surface area contributed by atoms with Gasteiger partial charge in [0.2, 0.25) is 0 Å². The summed E-state index contributed by atoms with van der Waals surface area (Å²) in [6, 6.07) is 3.58. The standard InChI is InChI=1S/C14H19N3O5/c18-13(19)3-4-17(10-14(20)21)11-1-2-12(15-9-11)16-5-7-22-8-6-16/h1-2,9H,3-8,10H2,(H,18,19)(H,20,21). The molecule has 1 aliphatic heterocycles. The van der Waals surface area contributed by atoms with Crippen molar-refractivity contribution >= 4 is 23.4 Å². The SMILES string of the molecule is O=C(O)CCN(CC(=O)O)c1ccc(N2CCOCC2)nc1. The van der Waals surface area contributed by atoms with Crippen LogP contribution in [0.5, 0.6) is 0 Å². The first-order chi connectivity index (χ1) is 10.6. The van der Waals surface area contributed by atoms with Crippen LogP contribution < -0.4 is 9.80 Å². The first kappa shape index (κ1) is 16.0. The van der Waals surface area contributed by atoms with Crippen LogP contribution in [0.25, 0.3) is 0 Å². The molecule has 2 N–H and O–H groups in total. The minimum absolute atomic E-state index is 0.125. The Morgan fingerprint density at radius 2 is 1.95 bits per heavy atom. The molecule has 8 heteroatoms. The fourth-order valence-corrected chi connectivity index (χ4v) is 2.24. The highest BCUT2D eigenvalue weighted by Crippen LogP contribution is 2.18. The molecule has 1 saturated heterocycles. The van der Waals surface area contributed by atoms with E-state index < -0.39 is 11.9 Å². The van der Waals surface area contributed by atoms with Crippen molar-refractivity contribution in [1.82, 2.24) is 4.98 Å². The van der Waals surface area contributed by atoms with Crippen LogP contribution in [0.15, 0.2) is 18.3 Å². The largest absolute Gasteiger partial charge is 0.481 e. The van der Waals surface area contributed by atoms with Gasteiger partial charge in [-0.1, -0.05) is 0 Å². The van der Waals surface area contributed by atoms with Crippen LogP contribution in [0.2, 0.25) is 0 Å². The third kappa shape index (κ3) is 4.59. The minimum Gasteiger partial charge on any atom is -0.481 e. The molecule has 1 aromatic rings. The second-order valence-corrected chi connectivity index (χ2v) is 4.93.